The molecule has 6 nitrogen and oxygen atoms in total. The Balaban J connectivity index is 1.79. The number of hydrogen-bond donors (Lipinski definition) is 1. The molecular weight excluding hydrogens is 356 g/mol. The van der Waals surface area contributed by atoms with Gasteiger partial charge in [0.05, 0.1) is 26.5 Å². The summed E-state index contributed by atoms with van der Waals surface area (Å²) >= 11 is 0. The third kappa shape index (κ3) is 4.23. The Labute approximate surface area is 163 Å². The number of nitrogens with zero attached hydrogens (tertiary/aromatic N) is 1. The summed E-state index contributed by atoms with van der Waals surface area (Å²) in [6, 6.07) is 12.8. The van der Waals surface area contributed by atoms with Gasteiger partial charge in [0.1, 0.15) is 11.3 Å². The van der Waals surface area contributed by atoms with Gasteiger partial charge < -0.3 is 19.5 Å². The molecule has 28 heavy (non-hydrogen) atoms. The minimum Gasteiger partial charge on any atom is -0.494 e. The number of carbonyl (C=O) groups is 1. The maximum Gasteiger partial charge on any atom is 0.248 e. The Morgan fingerprint density at radius 1 is 1.07 bits per heavy atom. The number of aromatic nitrogens is 1. The van der Waals surface area contributed by atoms with Crippen LogP contribution in [-0.4, -0.2) is 31.7 Å². The number of pyridine rings is 1. The lowest BCUT2D eigenvalue weighted by Gasteiger charge is -2.10. The fourth-order valence-electron chi connectivity index (χ4n) is 2.83. The zero-order valence-electron chi connectivity index (χ0n) is 16.1. The highest BCUT2D eigenvalue weighted by molar-refractivity contribution is 6.07. The monoisotopic (exact) mass is 378 g/mol. The van der Waals surface area contributed by atoms with Crippen molar-refractivity contribution in [2.24, 2.45) is 0 Å². The van der Waals surface area contributed by atoms with Crippen molar-refractivity contribution in [3.05, 3.63) is 60.3 Å². The van der Waals surface area contributed by atoms with Crippen LogP contribution in [0.2, 0.25) is 0 Å². The Morgan fingerprint density at radius 2 is 1.86 bits per heavy atom. The van der Waals surface area contributed by atoms with Gasteiger partial charge in [-0.3, -0.25) is 9.78 Å². The number of fused-ring (bicyclic) bond motifs is 1. The molecule has 1 aromatic heterocycles. The summed E-state index contributed by atoms with van der Waals surface area (Å²) in [7, 11) is 3.19. The standard InChI is InChI=1S/C22H22N2O4/c1-4-28-20-14-15(7-10-18(20)26-2)8-12-21(25)24-17-9-11-19(27-3)22-16(17)6-5-13-23-22/h5-14H,4H2,1-3H3,(H,24,25)/b12-8+. The highest BCUT2D eigenvalue weighted by Gasteiger charge is 2.09. The summed E-state index contributed by atoms with van der Waals surface area (Å²) in [5.74, 6) is 1.70. The molecular formula is C22H22N2O4. The van der Waals surface area contributed by atoms with E-state index in [-0.39, 0.29) is 5.91 Å². The van der Waals surface area contributed by atoms with Gasteiger partial charge in [0.2, 0.25) is 5.91 Å². The van der Waals surface area contributed by atoms with Crippen molar-refractivity contribution in [2.45, 2.75) is 6.92 Å². The van der Waals surface area contributed by atoms with E-state index in [0.29, 0.717) is 35.1 Å². The summed E-state index contributed by atoms with van der Waals surface area (Å²) in [6.07, 6.45) is 4.89. The molecule has 0 saturated heterocycles. The molecule has 3 rings (SSSR count). The average Bonchev–Trinajstić information content (AvgIpc) is 2.73. The summed E-state index contributed by atoms with van der Waals surface area (Å²) in [5.41, 5.74) is 2.20. The molecule has 0 spiro atoms. The second kappa shape index (κ2) is 8.90. The largest absolute Gasteiger partial charge is 0.494 e. The van der Waals surface area contributed by atoms with Crippen LogP contribution in [0.4, 0.5) is 5.69 Å². The molecule has 3 aromatic rings. The number of carbonyl (C=O) groups excluding carboxylic acids is 1. The van der Waals surface area contributed by atoms with E-state index in [1.165, 1.54) is 6.08 Å². The molecule has 0 atom stereocenters. The number of nitrogens with one attached hydrogen (secondary N) is 1. The molecule has 1 N–H and O–H groups in total. The minimum atomic E-state index is -0.246. The van der Waals surface area contributed by atoms with E-state index in [9.17, 15) is 4.79 Å². The van der Waals surface area contributed by atoms with Gasteiger partial charge in [-0.05, 0) is 55.0 Å². The van der Waals surface area contributed by atoms with Crippen molar-refractivity contribution in [3.63, 3.8) is 0 Å². The number of benzene rings is 2. The van der Waals surface area contributed by atoms with E-state index in [0.717, 1.165) is 10.9 Å². The van der Waals surface area contributed by atoms with E-state index in [4.69, 9.17) is 14.2 Å². The second-order valence-electron chi connectivity index (χ2n) is 5.88. The summed E-state index contributed by atoms with van der Waals surface area (Å²) in [6.45, 7) is 2.44. The third-order valence-corrected chi connectivity index (χ3v) is 4.13. The van der Waals surface area contributed by atoms with Gasteiger partial charge >= 0.3 is 0 Å². The van der Waals surface area contributed by atoms with Crippen LogP contribution in [0, 0.1) is 0 Å². The molecule has 0 aliphatic carbocycles. The summed E-state index contributed by atoms with van der Waals surface area (Å²) in [4.78, 5) is 16.7. The van der Waals surface area contributed by atoms with Gasteiger partial charge in [-0.15, -0.1) is 0 Å². The molecule has 0 aliphatic rings. The molecule has 6 heteroatoms. The maximum atomic E-state index is 12.4. The van der Waals surface area contributed by atoms with Gasteiger partial charge in [-0.25, -0.2) is 0 Å². The van der Waals surface area contributed by atoms with Gasteiger partial charge in [-0.2, -0.15) is 0 Å². The number of ether oxygens (including phenoxy) is 3. The van der Waals surface area contributed by atoms with Gasteiger partial charge in [0.15, 0.2) is 11.5 Å². The van der Waals surface area contributed by atoms with Crippen molar-refractivity contribution in [3.8, 4) is 17.2 Å². The van der Waals surface area contributed by atoms with Crippen molar-refractivity contribution < 1.29 is 19.0 Å². The molecule has 2 aromatic carbocycles. The number of rotatable bonds is 7. The number of anilines is 1. The van der Waals surface area contributed by atoms with E-state index in [1.54, 1.807) is 38.6 Å². The fraction of sp³-hybridized carbons (Fsp3) is 0.182. The Hall–Kier alpha value is -3.54. The van der Waals surface area contributed by atoms with Crippen LogP contribution in [0.1, 0.15) is 12.5 Å². The maximum absolute atomic E-state index is 12.4. The Morgan fingerprint density at radius 3 is 2.61 bits per heavy atom. The van der Waals surface area contributed by atoms with E-state index in [1.807, 2.05) is 37.3 Å². The smallest absolute Gasteiger partial charge is 0.248 e. The van der Waals surface area contributed by atoms with Crippen LogP contribution >= 0.6 is 0 Å². The van der Waals surface area contributed by atoms with Crippen LogP contribution in [0.15, 0.2) is 54.7 Å². The summed E-state index contributed by atoms with van der Waals surface area (Å²) in [5, 5.41) is 3.70. The predicted octanol–water partition coefficient (Wildman–Crippen LogP) is 4.30. The number of methoxy groups -OCH3 is 2. The normalized spacial score (nSPS) is 10.8. The topological polar surface area (TPSA) is 69.7 Å². The van der Waals surface area contributed by atoms with Crippen molar-refractivity contribution in [1.82, 2.24) is 4.98 Å². The van der Waals surface area contributed by atoms with Crippen LogP contribution in [0.25, 0.3) is 17.0 Å². The van der Waals surface area contributed by atoms with E-state index < -0.39 is 0 Å². The lowest BCUT2D eigenvalue weighted by atomic mass is 10.1. The quantitative estimate of drug-likeness (QED) is 0.621. The predicted molar refractivity (Wildman–Crippen MR) is 110 cm³/mol. The van der Waals surface area contributed by atoms with Crippen LogP contribution in [-0.2, 0) is 4.79 Å². The van der Waals surface area contributed by atoms with Gasteiger partial charge in [-0.1, -0.05) is 6.07 Å². The molecule has 0 fully saturated rings. The third-order valence-electron chi connectivity index (χ3n) is 4.13. The zero-order chi connectivity index (χ0) is 19.9. The first-order valence-electron chi connectivity index (χ1n) is 8.88. The lowest BCUT2D eigenvalue weighted by Crippen LogP contribution is -2.08. The first kappa shape index (κ1) is 19.2. The summed E-state index contributed by atoms with van der Waals surface area (Å²) < 4.78 is 16.2. The van der Waals surface area contributed by atoms with Crippen LogP contribution in [0.5, 0.6) is 17.2 Å². The van der Waals surface area contributed by atoms with E-state index in [2.05, 4.69) is 10.3 Å². The molecule has 0 radical (unpaired) electrons. The number of hydrogen-bond acceptors (Lipinski definition) is 5. The van der Waals surface area contributed by atoms with Crippen molar-refractivity contribution in [1.29, 1.82) is 0 Å². The van der Waals surface area contributed by atoms with Crippen LogP contribution in [0.3, 0.4) is 0 Å². The molecule has 1 heterocycles. The SMILES string of the molecule is CCOc1cc(/C=C/C(=O)Nc2ccc(OC)c3ncccc23)ccc1OC. The number of amides is 1. The first-order valence-corrected chi connectivity index (χ1v) is 8.88. The molecule has 0 bridgehead atoms. The van der Waals surface area contributed by atoms with Crippen LogP contribution < -0.4 is 19.5 Å². The zero-order valence-corrected chi connectivity index (χ0v) is 16.1. The highest BCUT2D eigenvalue weighted by atomic mass is 16.5. The van der Waals surface area contributed by atoms with E-state index >= 15 is 0 Å². The lowest BCUT2D eigenvalue weighted by molar-refractivity contribution is -0.111. The van der Waals surface area contributed by atoms with Gasteiger partial charge in [0, 0.05) is 17.7 Å². The fourth-order valence-corrected chi connectivity index (χ4v) is 2.83. The second-order valence-corrected chi connectivity index (χ2v) is 5.88. The van der Waals surface area contributed by atoms with Crippen molar-refractivity contribution >= 4 is 28.6 Å². The molecule has 144 valence electrons. The Kier molecular flexibility index (Phi) is 6.11. The molecule has 1 amide bonds. The molecule has 0 aliphatic heterocycles. The van der Waals surface area contributed by atoms with Gasteiger partial charge in [0.25, 0.3) is 0 Å². The first-order chi connectivity index (χ1) is 13.7. The molecule has 0 saturated carbocycles. The average molecular weight is 378 g/mol. The minimum absolute atomic E-state index is 0.246. The van der Waals surface area contributed by atoms with Crippen molar-refractivity contribution in [2.75, 3.05) is 26.1 Å². The molecule has 0 unspecified atom stereocenters. The Bertz CT molecular complexity index is 1010. The highest BCUT2D eigenvalue weighted by Crippen LogP contribution is 2.30.